The van der Waals surface area contributed by atoms with Crippen LogP contribution < -0.4 is 9.47 Å². The lowest BCUT2D eigenvalue weighted by atomic mass is 9.64. The van der Waals surface area contributed by atoms with Gasteiger partial charge >= 0.3 is 0 Å². The van der Waals surface area contributed by atoms with Gasteiger partial charge in [-0.2, -0.15) is 0 Å². The van der Waals surface area contributed by atoms with Crippen LogP contribution in [-0.4, -0.2) is 37.2 Å². The Balaban J connectivity index is 1.87. The number of carbonyl (C=O) groups excluding carboxylic acids is 2. The van der Waals surface area contributed by atoms with E-state index in [-0.39, 0.29) is 28.3 Å². The lowest BCUT2D eigenvalue weighted by molar-refractivity contribution is -0.119. The minimum Gasteiger partial charge on any atom is -0.493 e. The van der Waals surface area contributed by atoms with Crippen molar-refractivity contribution in [3.63, 3.8) is 0 Å². The van der Waals surface area contributed by atoms with Crippen molar-refractivity contribution in [2.45, 2.75) is 79.1 Å². The van der Waals surface area contributed by atoms with Gasteiger partial charge in [-0.3, -0.25) is 9.59 Å². The van der Waals surface area contributed by atoms with E-state index in [1.807, 2.05) is 25.2 Å². The fourth-order valence-electron chi connectivity index (χ4n) is 5.81. The van der Waals surface area contributed by atoms with E-state index in [1.54, 1.807) is 7.11 Å². The molecule has 0 N–H and O–H groups in total. The number of unbranched alkanes of at least 4 members (excludes halogenated alkanes) is 1. The van der Waals surface area contributed by atoms with Gasteiger partial charge in [0.2, 0.25) is 0 Å². The first-order chi connectivity index (χ1) is 16.0. The fourth-order valence-corrected chi connectivity index (χ4v) is 5.81. The highest BCUT2D eigenvalue weighted by molar-refractivity contribution is 6.06. The Morgan fingerprint density at radius 1 is 0.912 bits per heavy atom. The smallest absolute Gasteiger partial charge is 0.162 e. The van der Waals surface area contributed by atoms with Gasteiger partial charge < -0.3 is 14.4 Å². The Hall–Kier alpha value is -2.56. The lowest BCUT2D eigenvalue weighted by Crippen LogP contribution is -2.43. The van der Waals surface area contributed by atoms with Gasteiger partial charge in [-0.15, -0.1) is 0 Å². The van der Waals surface area contributed by atoms with Crippen LogP contribution in [0.2, 0.25) is 0 Å². The number of ketones is 2. The van der Waals surface area contributed by atoms with E-state index in [1.165, 1.54) is 0 Å². The van der Waals surface area contributed by atoms with Gasteiger partial charge in [-0.05, 0) is 47.8 Å². The number of benzene rings is 1. The molecule has 0 bridgehead atoms. The van der Waals surface area contributed by atoms with Gasteiger partial charge in [0.05, 0.1) is 13.7 Å². The molecule has 0 saturated carbocycles. The first-order valence-corrected chi connectivity index (χ1v) is 12.5. The Labute approximate surface area is 204 Å². The number of hydrogen-bond acceptors (Lipinski definition) is 5. The zero-order chi connectivity index (χ0) is 24.8. The van der Waals surface area contributed by atoms with Crippen LogP contribution in [0, 0.1) is 10.8 Å². The molecule has 4 rings (SSSR count). The maximum atomic E-state index is 13.6. The highest BCUT2D eigenvalue weighted by Crippen LogP contribution is 2.54. The topological polar surface area (TPSA) is 55.8 Å². The third kappa shape index (κ3) is 4.42. The van der Waals surface area contributed by atoms with Crippen molar-refractivity contribution in [1.82, 2.24) is 4.90 Å². The second kappa shape index (κ2) is 8.90. The number of Topliss-reactive ketones (excluding diaryl/α,β-unsaturated/α-hetero) is 2. The summed E-state index contributed by atoms with van der Waals surface area (Å²) in [5.41, 5.74) is 4.43. The van der Waals surface area contributed by atoms with Gasteiger partial charge in [0.25, 0.3) is 0 Å². The maximum Gasteiger partial charge on any atom is 0.162 e. The summed E-state index contributed by atoms with van der Waals surface area (Å²) in [6.45, 7) is 11.4. The largest absolute Gasteiger partial charge is 0.493 e. The van der Waals surface area contributed by atoms with Crippen molar-refractivity contribution in [3.8, 4) is 11.5 Å². The molecule has 1 heterocycles. The van der Waals surface area contributed by atoms with E-state index in [0.29, 0.717) is 30.9 Å². The molecule has 0 unspecified atom stereocenters. The summed E-state index contributed by atoms with van der Waals surface area (Å²) in [7, 11) is 3.67. The Bertz CT molecular complexity index is 1020. The normalized spacial score (nSPS) is 22.0. The molecule has 2 aliphatic carbocycles. The van der Waals surface area contributed by atoms with Crippen molar-refractivity contribution in [1.29, 1.82) is 0 Å². The molecule has 0 saturated heterocycles. The molecular weight excluding hydrogens is 426 g/mol. The third-order valence-electron chi connectivity index (χ3n) is 7.46. The Morgan fingerprint density at radius 2 is 1.47 bits per heavy atom. The summed E-state index contributed by atoms with van der Waals surface area (Å²) in [5, 5.41) is 0. The van der Waals surface area contributed by atoms with E-state index in [2.05, 4.69) is 39.5 Å². The predicted octanol–water partition coefficient (Wildman–Crippen LogP) is 6.19. The number of hydrogen-bond donors (Lipinski definition) is 0. The van der Waals surface area contributed by atoms with Gasteiger partial charge in [0.1, 0.15) is 0 Å². The molecule has 5 heteroatoms. The van der Waals surface area contributed by atoms with Gasteiger partial charge in [0.15, 0.2) is 23.1 Å². The molecule has 1 aliphatic heterocycles. The minimum atomic E-state index is -0.355. The summed E-state index contributed by atoms with van der Waals surface area (Å²) in [4.78, 5) is 29.4. The van der Waals surface area contributed by atoms with Crippen molar-refractivity contribution < 1.29 is 19.1 Å². The molecule has 3 aliphatic rings. The minimum absolute atomic E-state index is 0.102. The quantitative estimate of drug-likeness (QED) is 0.469. The molecule has 0 aromatic heterocycles. The standard InChI is InChI=1S/C29H39NO4/c1-8-9-12-34-23-11-10-18(13-24(23)33-7)25-26-19(14-28(2,3)16-21(26)31)30(6)20-15-29(4,5)17-22(32)27(20)25/h10-11,13,25H,8-9,12,14-17H2,1-7H3. The van der Waals surface area contributed by atoms with E-state index < -0.39 is 0 Å². The molecule has 1 aromatic carbocycles. The number of methoxy groups -OCH3 is 1. The Kier molecular flexibility index (Phi) is 6.43. The lowest BCUT2D eigenvalue weighted by Gasteiger charge is -2.47. The van der Waals surface area contributed by atoms with Crippen LogP contribution in [-0.2, 0) is 9.59 Å². The van der Waals surface area contributed by atoms with Crippen LogP contribution in [0.5, 0.6) is 11.5 Å². The van der Waals surface area contributed by atoms with Crippen LogP contribution in [0.15, 0.2) is 40.7 Å². The van der Waals surface area contributed by atoms with E-state index in [4.69, 9.17) is 9.47 Å². The summed E-state index contributed by atoms with van der Waals surface area (Å²) >= 11 is 0. The van der Waals surface area contributed by atoms with Gasteiger partial charge in [0, 0.05) is 48.3 Å². The van der Waals surface area contributed by atoms with Crippen LogP contribution >= 0.6 is 0 Å². The summed E-state index contributed by atoms with van der Waals surface area (Å²) in [6.07, 6.45) is 4.66. The van der Waals surface area contributed by atoms with Crippen LogP contribution in [0.4, 0.5) is 0 Å². The van der Waals surface area contributed by atoms with Gasteiger partial charge in [-0.1, -0.05) is 47.1 Å². The summed E-state index contributed by atoms with van der Waals surface area (Å²) < 4.78 is 11.6. The number of allylic oxidation sites excluding steroid dienone is 4. The van der Waals surface area contributed by atoms with Crippen molar-refractivity contribution >= 4 is 11.6 Å². The van der Waals surface area contributed by atoms with Crippen LogP contribution in [0.1, 0.15) is 84.6 Å². The Morgan fingerprint density at radius 3 is 1.97 bits per heavy atom. The third-order valence-corrected chi connectivity index (χ3v) is 7.46. The molecule has 0 fully saturated rings. The monoisotopic (exact) mass is 465 g/mol. The molecular formula is C29H39NO4. The highest BCUT2D eigenvalue weighted by Gasteiger charge is 2.48. The highest BCUT2D eigenvalue weighted by atomic mass is 16.5. The maximum absolute atomic E-state index is 13.6. The first-order valence-electron chi connectivity index (χ1n) is 12.5. The molecule has 0 amide bonds. The van der Waals surface area contributed by atoms with Gasteiger partial charge in [-0.25, -0.2) is 0 Å². The van der Waals surface area contributed by atoms with Crippen LogP contribution in [0.25, 0.3) is 0 Å². The molecule has 184 valence electrons. The van der Waals surface area contributed by atoms with Crippen molar-refractivity contribution in [3.05, 3.63) is 46.3 Å². The zero-order valence-corrected chi connectivity index (χ0v) is 21.8. The molecule has 0 spiro atoms. The number of carbonyl (C=O) groups is 2. The molecule has 0 atom stereocenters. The SMILES string of the molecule is CCCCOc1ccc(C2C3=C(CC(C)(C)CC3=O)N(C)C3=C2C(=O)CC(C)(C)C3)cc1OC. The second-order valence-electron chi connectivity index (χ2n) is 11.7. The summed E-state index contributed by atoms with van der Waals surface area (Å²) in [5.74, 6) is 1.28. The molecule has 1 aromatic rings. The number of nitrogens with zero attached hydrogens (tertiary/aromatic N) is 1. The zero-order valence-electron chi connectivity index (χ0n) is 21.8. The van der Waals surface area contributed by atoms with E-state index >= 15 is 0 Å². The molecule has 34 heavy (non-hydrogen) atoms. The molecule has 5 nitrogen and oxygen atoms in total. The van der Waals surface area contributed by atoms with Crippen LogP contribution in [0.3, 0.4) is 0 Å². The molecule has 0 radical (unpaired) electrons. The summed E-state index contributed by atoms with van der Waals surface area (Å²) in [6, 6.07) is 5.90. The van der Waals surface area contributed by atoms with E-state index in [0.717, 1.165) is 53.8 Å². The average Bonchev–Trinajstić information content (AvgIpc) is 2.74. The van der Waals surface area contributed by atoms with E-state index in [9.17, 15) is 9.59 Å². The second-order valence-corrected chi connectivity index (χ2v) is 11.7. The number of rotatable bonds is 6. The fraction of sp³-hybridized carbons (Fsp3) is 0.586. The number of ether oxygens (including phenoxy) is 2. The first kappa shape index (κ1) is 24.6. The predicted molar refractivity (Wildman–Crippen MR) is 134 cm³/mol. The average molecular weight is 466 g/mol. The van der Waals surface area contributed by atoms with Crippen molar-refractivity contribution in [2.24, 2.45) is 10.8 Å². The van der Waals surface area contributed by atoms with Crippen molar-refractivity contribution in [2.75, 3.05) is 20.8 Å².